The predicted molar refractivity (Wildman–Crippen MR) is 197 cm³/mol. The summed E-state index contributed by atoms with van der Waals surface area (Å²) in [5, 5.41) is 58.4. The van der Waals surface area contributed by atoms with Gasteiger partial charge in [-0.15, -0.1) is 0 Å². The number of para-hydroxylation sites is 2. The summed E-state index contributed by atoms with van der Waals surface area (Å²) in [5.74, 6) is 1.96. The van der Waals surface area contributed by atoms with E-state index in [0.717, 1.165) is 42.0 Å². The Hall–Kier alpha value is -5.28. The number of benzene rings is 4. The van der Waals surface area contributed by atoms with Gasteiger partial charge in [-0.3, -0.25) is 10.2 Å². The van der Waals surface area contributed by atoms with E-state index in [9.17, 15) is 30.2 Å². The molecule has 9 nitrogen and oxygen atoms in total. The lowest BCUT2D eigenvalue weighted by Gasteiger charge is -2.25. The first-order chi connectivity index (χ1) is 24.2. The third kappa shape index (κ3) is 6.29. The lowest BCUT2D eigenvalue weighted by molar-refractivity contribution is -0.659. The zero-order valence-electron chi connectivity index (χ0n) is 26.3. The summed E-state index contributed by atoms with van der Waals surface area (Å²) < 4.78 is 3.02. The number of anilines is 1. The molecule has 2 heterocycles. The van der Waals surface area contributed by atoms with Crippen LogP contribution in [0, 0.1) is 16.7 Å². The summed E-state index contributed by atoms with van der Waals surface area (Å²) >= 11 is 2.97. The van der Waals surface area contributed by atoms with Crippen LogP contribution in [0.15, 0.2) is 135 Å². The number of nitrogens with zero attached hydrogens (tertiary/aromatic N) is 3. The van der Waals surface area contributed by atoms with Crippen molar-refractivity contribution in [1.29, 1.82) is 10.7 Å². The zero-order valence-corrected chi connectivity index (χ0v) is 27.9. The van der Waals surface area contributed by atoms with Crippen molar-refractivity contribution in [2.75, 3.05) is 4.90 Å². The second kappa shape index (κ2) is 13.9. The van der Waals surface area contributed by atoms with Gasteiger partial charge in [0.05, 0.1) is 10.7 Å². The van der Waals surface area contributed by atoms with Crippen molar-refractivity contribution in [3.63, 3.8) is 0 Å². The molecule has 0 spiro atoms. The smallest absolute Gasteiger partial charge is 0.423 e. The molecule has 5 aromatic rings. The molecular formula is C37H27B2N4O5S2+. The van der Waals surface area contributed by atoms with Gasteiger partial charge in [-0.2, -0.15) is 9.83 Å². The van der Waals surface area contributed by atoms with Gasteiger partial charge in [0.25, 0.3) is 5.01 Å². The molecule has 7 rings (SSSR count). The van der Waals surface area contributed by atoms with Gasteiger partial charge >= 0.3 is 14.2 Å². The number of thioether (sulfide) groups is 1. The monoisotopic (exact) mass is 693 g/mol. The molecule has 2 aliphatic rings. The number of nitrogens with one attached hydrogen (secondary N) is 1. The maximum atomic E-state index is 14.0. The molecular weight excluding hydrogens is 666 g/mol. The fourth-order valence-corrected chi connectivity index (χ4v) is 8.32. The van der Waals surface area contributed by atoms with Gasteiger partial charge in [-0.25, -0.2) is 0 Å². The Morgan fingerprint density at radius 2 is 1.56 bits per heavy atom. The molecule has 13 heteroatoms. The van der Waals surface area contributed by atoms with Gasteiger partial charge in [-0.1, -0.05) is 95.9 Å². The molecule has 0 radical (unpaired) electrons. The molecule has 1 aliphatic heterocycles. The Labute approximate surface area is 296 Å². The minimum absolute atomic E-state index is 0.0586. The number of allylic oxidation sites excluding steroid dienone is 5. The molecule has 1 aliphatic carbocycles. The lowest BCUT2D eigenvalue weighted by atomic mass is 9.77. The van der Waals surface area contributed by atoms with Gasteiger partial charge in [0, 0.05) is 45.9 Å². The van der Waals surface area contributed by atoms with Crippen molar-refractivity contribution >= 4 is 81.9 Å². The maximum Gasteiger partial charge on any atom is 0.488 e. The van der Waals surface area contributed by atoms with Crippen LogP contribution in [0.1, 0.15) is 16.1 Å². The molecule has 0 saturated heterocycles. The Balaban J connectivity index is 1.32. The third-order valence-electron chi connectivity index (χ3n) is 8.50. The Kier molecular flexibility index (Phi) is 9.25. The van der Waals surface area contributed by atoms with Crippen molar-refractivity contribution in [1.82, 2.24) is 0 Å². The van der Waals surface area contributed by atoms with Crippen LogP contribution >= 0.6 is 23.1 Å². The highest BCUT2D eigenvalue weighted by molar-refractivity contribution is 8.03. The number of Topliss-reactive ketones (excluding diaryl/α,β-unsaturated/α-hetero) is 1. The standard InChI is InChI=1S/C37H27B2N4O5S2/c40-19-25(20-41)36-28(17-34-42(30-11-1-3-13-32(30)49-34)21-23-7-5-9-26(15-23)38(45)46)37(44)29(36)18-35-43(31-12-2-4-14-33(31)50-35)22-24-8-6-10-27(16-24)39(47)48/h1-18,40,45-48H,21-22H2/q+1. The van der Waals surface area contributed by atoms with Gasteiger partial charge in [-0.05, 0) is 46.6 Å². The Morgan fingerprint density at radius 3 is 2.28 bits per heavy atom. The first kappa shape index (κ1) is 33.2. The highest BCUT2D eigenvalue weighted by Gasteiger charge is 2.38. The van der Waals surface area contributed by atoms with Gasteiger partial charge in [0.2, 0.25) is 5.52 Å². The van der Waals surface area contributed by atoms with Gasteiger partial charge in [0.15, 0.2) is 12.3 Å². The molecule has 0 amide bonds. The summed E-state index contributed by atoms with van der Waals surface area (Å²) in [5.41, 5.74) is 5.13. The number of carbonyl (C=O) groups excluding carboxylic acids is 1. The Morgan fingerprint density at radius 1 is 0.880 bits per heavy atom. The number of hydrogen-bond donors (Lipinski definition) is 5. The van der Waals surface area contributed by atoms with Crippen LogP contribution in [0.3, 0.4) is 0 Å². The number of aromatic nitrogens is 1. The minimum Gasteiger partial charge on any atom is -0.423 e. The largest absolute Gasteiger partial charge is 0.488 e. The number of nitriles is 1. The van der Waals surface area contributed by atoms with E-state index in [0.29, 0.717) is 40.7 Å². The molecule has 0 unspecified atom stereocenters. The molecule has 0 bridgehead atoms. The van der Waals surface area contributed by atoms with Crippen LogP contribution in [0.4, 0.5) is 5.69 Å². The van der Waals surface area contributed by atoms with E-state index < -0.39 is 14.2 Å². The van der Waals surface area contributed by atoms with Crippen molar-refractivity contribution in [3.05, 3.63) is 147 Å². The number of rotatable bonds is 9. The van der Waals surface area contributed by atoms with E-state index in [2.05, 4.69) is 5.87 Å². The van der Waals surface area contributed by atoms with E-state index in [1.165, 1.54) is 23.1 Å². The molecule has 0 saturated carbocycles. The second-order valence-electron chi connectivity index (χ2n) is 11.7. The topological polar surface area (TPSA) is 153 Å². The van der Waals surface area contributed by atoms with E-state index in [1.54, 1.807) is 48.6 Å². The molecule has 4 aromatic carbocycles. The van der Waals surface area contributed by atoms with Gasteiger partial charge in [0.1, 0.15) is 16.3 Å². The quantitative estimate of drug-likeness (QED) is 0.0519. The Bertz CT molecular complexity index is 2390. The third-order valence-corrected chi connectivity index (χ3v) is 10.7. The van der Waals surface area contributed by atoms with Crippen molar-refractivity contribution in [2.45, 2.75) is 18.0 Å². The van der Waals surface area contributed by atoms with E-state index in [4.69, 9.17) is 5.41 Å². The first-order valence-electron chi connectivity index (χ1n) is 15.5. The maximum absolute atomic E-state index is 14.0. The van der Waals surface area contributed by atoms with E-state index >= 15 is 0 Å². The number of thiazole rings is 1. The molecule has 1 aromatic heterocycles. The van der Waals surface area contributed by atoms with Gasteiger partial charge < -0.3 is 25.0 Å². The lowest BCUT2D eigenvalue weighted by Crippen LogP contribution is -2.37. The van der Waals surface area contributed by atoms with Crippen LogP contribution < -0.4 is 20.4 Å². The minimum atomic E-state index is -1.61. The average Bonchev–Trinajstić information content (AvgIpc) is 3.66. The molecule has 242 valence electrons. The second-order valence-corrected chi connectivity index (χ2v) is 13.8. The number of ketones is 1. The zero-order chi connectivity index (χ0) is 34.9. The van der Waals surface area contributed by atoms with Crippen molar-refractivity contribution < 1.29 is 29.5 Å². The molecule has 5 N–H and O–H groups in total. The molecule has 0 fully saturated rings. The van der Waals surface area contributed by atoms with E-state index in [-0.39, 0.29) is 11.4 Å². The summed E-state index contributed by atoms with van der Waals surface area (Å²) in [6.07, 6.45) is 3.51. The summed E-state index contributed by atoms with van der Waals surface area (Å²) in [6, 6.07) is 31.7. The number of fused-ring (bicyclic) bond motifs is 2. The normalized spacial score (nSPS) is 15.3. The number of hydrogen-bond acceptors (Lipinski definition) is 10. The summed E-state index contributed by atoms with van der Waals surface area (Å²) in [4.78, 5) is 17.1. The highest BCUT2D eigenvalue weighted by Crippen LogP contribution is 2.48. The highest BCUT2D eigenvalue weighted by atomic mass is 32.2. The number of carbonyl (C=O) groups is 1. The molecule has 0 atom stereocenters. The first-order valence-corrected chi connectivity index (χ1v) is 17.2. The van der Waals surface area contributed by atoms with Crippen LogP contribution in [0.25, 0.3) is 16.3 Å². The van der Waals surface area contributed by atoms with Crippen molar-refractivity contribution in [3.8, 4) is 6.07 Å². The molecule has 50 heavy (non-hydrogen) atoms. The van der Waals surface area contributed by atoms with Crippen LogP contribution in [-0.2, 0) is 17.9 Å². The van der Waals surface area contributed by atoms with Crippen LogP contribution in [0.5, 0.6) is 0 Å². The SMILES string of the molecule is N#CC(=C=N)C1=C(/C=C2/Sc3ccccc3N2Cc2cccc(B(O)O)c2)C(=O)/C1=C/c1sc2ccccc2[n+]1Cc1cccc(B(O)O)c1. The summed E-state index contributed by atoms with van der Waals surface area (Å²) in [6.45, 7) is 0.773. The van der Waals surface area contributed by atoms with Crippen molar-refractivity contribution in [2.24, 2.45) is 0 Å². The summed E-state index contributed by atoms with van der Waals surface area (Å²) in [7, 11) is -3.21. The van der Waals surface area contributed by atoms with Crippen LogP contribution in [-0.4, -0.2) is 46.0 Å². The average molecular weight is 693 g/mol. The fourth-order valence-electron chi connectivity index (χ4n) is 6.11. The fraction of sp³-hybridized carbons (Fsp3) is 0.0541. The van der Waals surface area contributed by atoms with Crippen LogP contribution in [0.2, 0.25) is 0 Å². The predicted octanol–water partition coefficient (Wildman–Crippen LogP) is 3.21. The van der Waals surface area contributed by atoms with E-state index in [1.807, 2.05) is 76.2 Å².